The number of halogens is 1. The first-order valence-corrected chi connectivity index (χ1v) is 7.46. The Kier molecular flexibility index (Phi) is 3.66. The molecule has 1 N–H and O–H groups in total. The molecule has 3 nitrogen and oxygen atoms in total. The van der Waals surface area contributed by atoms with Crippen molar-refractivity contribution in [2.24, 2.45) is 0 Å². The Labute approximate surface area is 123 Å². The average molecular weight is 335 g/mol. The molecule has 3 rings (SSSR count). The summed E-state index contributed by atoms with van der Waals surface area (Å²) in [6.45, 7) is 0.649. The van der Waals surface area contributed by atoms with Crippen LogP contribution in [0.5, 0.6) is 0 Å². The highest BCUT2D eigenvalue weighted by Gasteiger charge is 2.07. The number of nitrogens with zero attached hydrogens (tertiary/aromatic N) is 1. The number of nitrogens with one attached hydrogen (secondary N) is 1. The summed E-state index contributed by atoms with van der Waals surface area (Å²) >= 11 is 5.04. The van der Waals surface area contributed by atoms with Crippen LogP contribution in [0.25, 0.3) is 10.8 Å². The van der Waals surface area contributed by atoms with Gasteiger partial charge in [-0.15, -0.1) is 11.3 Å². The van der Waals surface area contributed by atoms with Crippen LogP contribution in [0, 0.1) is 0 Å². The first kappa shape index (κ1) is 12.4. The van der Waals surface area contributed by atoms with Crippen LogP contribution in [0.3, 0.4) is 0 Å². The van der Waals surface area contributed by atoms with Gasteiger partial charge in [-0.2, -0.15) is 0 Å². The van der Waals surface area contributed by atoms with Crippen LogP contribution >= 0.6 is 27.3 Å². The molecule has 0 amide bonds. The molecule has 1 aromatic carbocycles. The van der Waals surface area contributed by atoms with E-state index < -0.39 is 0 Å². The van der Waals surface area contributed by atoms with Crippen molar-refractivity contribution in [1.29, 1.82) is 0 Å². The summed E-state index contributed by atoms with van der Waals surface area (Å²) in [5, 5.41) is 5.32. The molecule has 0 unspecified atom stereocenters. The Morgan fingerprint density at radius 1 is 1.21 bits per heavy atom. The van der Waals surface area contributed by atoms with E-state index in [0.29, 0.717) is 12.4 Å². The molecular formula is C14H11BrN2OS. The molecule has 0 saturated heterocycles. The number of oxazole rings is 1. The molecular weight excluding hydrogens is 324 g/mol. The summed E-state index contributed by atoms with van der Waals surface area (Å²) in [6, 6.07) is 12.0. The van der Waals surface area contributed by atoms with E-state index in [1.165, 1.54) is 0 Å². The van der Waals surface area contributed by atoms with Gasteiger partial charge in [0.05, 0.1) is 17.1 Å². The molecule has 0 aliphatic carbocycles. The molecule has 2 aromatic heterocycles. The van der Waals surface area contributed by atoms with Gasteiger partial charge in [0, 0.05) is 10.2 Å². The average Bonchev–Trinajstić information content (AvgIpc) is 3.09. The van der Waals surface area contributed by atoms with Crippen molar-refractivity contribution >= 4 is 33.0 Å². The maximum atomic E-state index is 5.47. The van der Waals surface area contributed by atoms with Crippen molar-refractivity contribution in [3.8, 4) is 10.8 Å². The number of thiophene rings is 1. The van der Waals surface area contributed by atoms with Gasteiger partial charge in [0.2, 0.25) is 5.89 Å². The zero-order valence-electron chi connectivity index (χ0n) is 9.97. The Morgan fingerprint density at radius 3 is 2.79 bits per heavy atom. The normalized spacial score (nSPS) is 10.6. The first-order chi connectivity index (χ1) is 9.31. The molecule has 0 fully saturated rings. The molecule has 0 aliphatic rings. The molecule has 19 heavy (non-hydrogen) atoms. The van der Waals surface area contributed by atoms with Gasteiger partial charge in [0.15, 0.2) is 0 Å². The summed E-state index contributed by atoms with van der Waals surface area (Å²) in [7, 11) is 0. The Bertz CT molecular complexity index is 646. The minimum atomic E-state index is 0.649. The third-order valence-electron chi connectivity index (χ3n) is 2.60. The van der Waals surface area contributed by atoms with Gasteiger partial charge in [-0.3, -0.25) is 0 Å². The van der Waals surface area contributed by atoms with Crippen LogP contribution in [0.15, 0.2) is 56.9 Å². The summed E-state index contributed by atoms with van der Waals surface area (Å²) in [5.74, 6) is 0.683. The lowest BCUT2D eigenvalue weighted by Crippen LogP contribution is -1.99. The standard InChI is InChI=1S/C14H11BrN2OS/c15-10-3-5-11(6-4-10)16-8-12-9-18-14(17-12)13-2-1-7-19-13/h1-7,9,16H,8H2. The predicted molar refractivity (Wildman–Crippen MR) is 81.3 cm³/mol. The molecule has 3 aromatic rings. The molecule has 5 heteroatoms. The number of benzene rings is 1. The minimum absolute atomic E-state index is 0.649. The molecule has 0 spiro atoms. The summed E-state index contributed by atoms with van der Waals surface area (Å²) < 4.78 is 6.54. The van der Waals surface area contributed by atoms with Crippen molar-refractivity contribution in [1.82, 2.24) is 4.98 Å². The van der Waals surface area contributed by atoms with Gasteiger partial charge in [0.1, 0.15) is 6.26 Å². The second-order valence-electron chi connectivity index (χ2n) is 3.98. The van der Waals surface area contributed by atoms with Crippen molar-refractivity contribution < 1.29 is 4.42 Å². The van der Waals surface area contributed by atoms with Crippen LogP contribution in [0.1, 0.15) is 5.69 Å². The highest BCUT2D eigenvalue weighted by Crippen LogP contribution is 2.24. The highest BCUT2D eigenvalue weighted by molar-refractivity contribution is 9.10. The fourth-order valence-corrected chi connectivity index (χ4v) is 2.58. The molecule has 2 heterocycles. The predicted octanol–water partition coefficient (Wildman–Crippen LogP) is 4.78. The van der Waals surface area contributed by atoms with E-state index in [1.807, 2.05) is 41.8 Å². The molecule has 96 valence electrons. The topological polar surface area (TPSA) is 38.1 Å². The second-order valence-corrected chi connectivity index (χ2v) is 5.85. The smallest absolute Gasteiger partial charge is 0.236 e. The van der Waals surface area contributed by atoms with Crippen molar-refractivity contribution in [3.05, 3.63) is 58.2 Å². The SMILES string of the molecule is Brc1ccc(NCc2coc(-c3cccs3)n2)cc1. The molecule has 0 aliphatic heterocycles. The number of hydrogen-bond acceptors (Lipinski definition) is 4. The Balaban J connectivity index is 1.66. The van der Waals surface area contributed by atoms with E-state index >= 15 is 0 Å². The number of aromatic nitrogens is 1. The number of anilines is 1. The van der Waals surface area contributed by atoms with Gasteiger partial charge >= 0.3 is 0 Å². The van der Waals surface area contributed by atoms with Gasteiger partial charge < -0.3 is 9.73 Å². The van der Waals surface area contributed by atoms with Gasteiger partial charge in [-0.25, -0.2) is 4.98 Å². The zero-order chi connectivity index (χ0) is 13.1. The number of rotatable bonds is 4. The summed E-state index contributed by atoms with van der Waals surface area (Å²) in [4.78, 5) is 5.51. The van der Waals surface area contributed by atoms with E-state index in [1.54, 1.807) is 17.6 Å². The van der Waals surface area contributed by atoms with E-state index in [-0.39, 0.29) is 0 Å². The fourth-order valence-electron chi connectivity index (χ4n) is 1.66. The first-order valence-electron chi connectivity index (χ1n) is 5.79. The lowest BCUT2D eigenvalue weighted by molar-refractivity contribution is 0.574. The second kappa shape index (κ2) is 5.59. The van der Waals surface area contributed by atoms with E-state index in [4.69, 9.17) is 4.42 Å². The maximum Gasteiger partial charge on any atom is 0.236 e. The highest BCUT2D eigenvalue weighted by atomic mass is 79.9. The lowest BCUT2D eigenvalue weighted by Gasteiger charge is -2.03. The van der Waals surface area contributed by atoms with Crippen molar-refractivity contribution in [2.45, 2.75) is 6.54 Å². The molecule has 0 radical (unpaired) electrons. The quantitative estimate of drug-likeness (QED) is 0.746. The fraction of sp³-hybridized carbons (Fsp3) is 0.0714. The third-order valence-corrected chi connectivity index (χ3v) is 3.99. The minimum Gasteiger partial charge on any atom is -0.443 e. The summed E-state index contributed by atoms with van der Waals surface area (Å²) in [6.07, 6.45) is 1.70. The Morgan fingerprint density at radius 2 is 2.05 bits per heavy atom. The molecule has 0 atom stereocenters. The van der Waals surface area contributed by atoms with Crippen molar-refractivity contribution in [2.75, 3.05) is 5.32 Å². The van der Waals surface area contributed by atoms with Crippen LogP contribution in [0.2, 0.25) is 0 Å². The molecule has 0 bridgehead atoms. The van der Waals surface area contributed by atoms with Crippen LogP contribution in [-0.4, -0.2) is 4.98 Å². The monoisotopic (exact) mass is 334 g/mol. The lowest BCUT2D eigenvalue weighted by atomic mass is 10.3. The number of hydrogen-bond donors (Lipinski definition) is 1. The van der Waals surface area contributed by atoms with E-state index in [0.717, 1.165) is 20.7 Å². The van der Waals surface area contributed by atoms with Gasteiger partial charge in [-0.05, 0) is 35.7 Å². The van der Waals surface area contributed by atoms with E-state index in [2.05, 4.69) is 26.2 Å². The Hall–Kier alpha value is -1.59. The van der Waals surface area contributed by atoms with Gasteiger partial charge in [-0.1, -0.05) is 22.0 Å². The molecule has 0 saturated carbocycles. The largest absolute Gasteiger partial charge is 0.443 e. The zero-order valence-corrected chi connectivity index (χ0v) is 12.4. The maximum absolute atomic E-state index is 5.47. The van der Waals surface area contributed by atoms with Gasteiger partial charge in [0.25, 0.3) is 0 Å². The van der Waals surface area contributed by atoms with Crippen molar-refractivity contribution in [3.63, 3.8) is 0 Å². The third kappa shape index (κ3) is 3.05. The van der Waals surface area contributed by atoms with Crippen LogP contribution < -0.4 is 5.32 Å². The van der Waals surface area contributed by atoms with Crippen LogP contribution in [-0.2, 0) is 6.54 Å². The summed E-state index contributed by atoms with van der Waals surface area (Å²) in [5.41, 5.74) is 1.95. The van der Waals surface area contributed by atoms with Crippen LogP contribution in [0.4, 0.5) is 5.69 Å². The van der Waals surface area contributed by atoms with E-state index in [9.17, 15) is 0 Å².